The number of nitrogens with one attached hydrogen (secondary N) is 1. The Bertz CT molecular complexity index is 338. The third-order valence-corrected chi connectivity index (χ3v) is 3.35. The van der Waals surface area contributed by atoms with Crippen LogP contribution in [0, 0.1) is 0 Å². The molecule has 0 unspecified atom stereocenters. The third kappa shape index (κ3) is 6.07. The molecule has 0 fully saturated rings. The minimum Gasteiger partial charge on any atom is -0.383 e. The van der Waals surface area contributed by atoms with Gasteiger partial charge >= 0.3 is 0 Å². The van der Waals surface area contributed by atoms with Crippen LogP contribution in [0.2, 0.25) is 0 Å². The number of nitrogens with zero attached hydrogens (tertiary/aromatic N) is 3. The molecule has 1 aromatic rings. The van der Waals surface area contributed by atoms with Crippen molar-refractivity contribution in [2.45, 2.75) is 39.3 Å². The van der Waals surface area contributed by atoms with E-state index in [4.69, 9.17) is 4.74 Å². The molecular weight excluding hydrogens is 240 g/mol. The highest BCUT2D eigenvalue weighted by Crippen LogP contribution is 2.05. The van der Waals surface area contributed by atoms with E-state index in [0.29, 0.717) is 12.6 Å². The van der Waals surface area contributed by atoms with E-state index in [9.17, 15) is 0 Å². The number of anilines is 1. The Kier molecular flexibility index (Phi) is 7.52. The van der Waals surface area contributed by atoms with Crippen LogP contribution in [0.3, 0.4) is 0 Å². The monoisotopic (exact) mass is 268 g/mol. The Morgan fingerprint density at radius 3 is 2.89 bits per heavy atom. The Hall–Kier alpha value is -1.07. The van der Waals surface area contributed by atoms with Crippen LogP contribution in [0.25, 0.3) is 0 Å². The van der Waals surface area contributed by atoms with Crippen LogP contribution in [-0.4, -0.2) is 54.3 Å². The molecule has 0 aliphatic rings. The molecular formula is C14H28N4O. The van der Waals surface area contributed by atoms with Crippen LogP contribution < -0.4 is 5.32 Å². The Balaban J connectivity index is 2.17. The SMILES string of the molecule is COCCn1ccnc1NCCCCN(C)C(C)C. The zero-order valence-electron chi connectivity index (χ0n) is 12.7. The van der Waals surface area contributed by atoms with E-state index in [1.165, 1.54) is 6.42 Å². The van der Waals surface area contributed by atoms with E-state index in [2.05, 4.69) is 40.7 Å². The highest BCUT2D eigenvalue weighted by molar-refractivity contribution is 5.25. The maximum Gasteiger partial charge on any atom is 0.202 e. The van der Waals surface area contributed by atoms with Gasteiger partial charge in [0, 0.05) is 38.6 Å². The minimum atomic E-state index is 0.626. The Morgan fingerprint density at radius 2 is 2.21 bits per heavy atom. The van der Waals surface area contributed by atoms with Crippen molar-refractivity contribution in [1.29, 1.82) is 0 Å². The smallest absolute Gasteiger partial charge is 0.202 e. The van der Waals surface area contributed by atoms with E-state index in [1.807, 2.05) is 12.4 Å². The molecule has 0 spiro atoms. The largest absolute Gasteiger partial charge is 0.383 e. The molecule has 0 aliphatic carbocycles. The molecule has 0 radical (unpaired) electrons. The van der Waals surface area contributed by atoms with E-state index < -0.39 is 0 Å². The zero-order chi connectivity index (χ0) is 14.1. The highest BCUT2D eigenvalue weighted by Gasteiger charge is 2.03. The van der Waals surface area contributed by atoms with Crippen molar-refractivity contribution in [1.82, 2.24) is 14.5 Å². The van der Waals surface area contributed by atoms with E-state index in [-0.39, 0.29) is 0 Å². The Morgan fingerprint density at radius 1 is 1.42 bits per heavy atom. The first-order valence-corrected chi connectivity index (χ1v) is 7.09. The first kappa shape index (κ1) is 16.0. The molecule has 0 aromatic carbocycles. The van der Waals surface area contributed by atoms with Crippen molar-refractivity contribution in [3.63, 3.8) is 0 Å². The number of methoxy groups -OCH3 is 1. The molecule has 1 N–H and O–H groups in total. The molecule has 1 heterocycles. The third-order valence-electron chi connectivity index (χ3n) is 3.35. The molecule has 110 valence electrons. The minimum absolute atomic E-state index is 0.626. The molecule has 0 aliphatic heterocycles. The van der Waals surface area contributed by atoms with Crippen molar-refractivity contribution in [2.24, 2.45) is 0 Å². The van der Waals surface area contributed by atoms with Gasteiger partial charge < -0.3 is 19.5 Å². The second-order valence-corrected chi connectivity index (χ2v) is 5.15. The maximum absolute atomic E-state index is 5.08. The fraction of sp³-hybridized carbons (Fsp3) is 0.786. The van der Waals surface area contributed by atoms with Crippen molar-refractivity contribution in [3.8, 4) is 0 Å². The quantitative estimate of drug-likeness (QED) is 0.660. The molecule has 19 heavy (non-hydrogen) atoms. The van der Waals surface area contributed by atoms with Crippen molar-refractivity contribution < 1.29 is 4.74 Å². The summed E-state index contributed by atoms with van der Waals surface area (Å²) >= 11 is 0. The van der Waals surface area contributed by atoms with Gasteiger partial charge in [0.25, 0.3) is 0 Å². The van der Waals surface area contributed by atoms with Crippen LogP contribution in [0.4, 0.5) is 5.95 Å². The summed E-state index contributed by atoms with van der Waals surface area (Å²) in [6.45, 7) is 8.13. The zero-order valence-corrected chi connectivity index (χ0v) is 12.7. The number of ether oxygens (including phenoxy) is 1. The first-order chi connectivity index (χ1) is 9.15. The van der Waals surface area contributed by atoms with Crippen LogP contribution in [-0.2, 0) is 11.3 Å². The average Bonchev–Trinajstić information content (AvgIpc) is 2.83. The van der Waals surface area contributed by atoms with E-state index in [1.54, 1.807) is 7.11 Å². The summed E-state index contributed by atoms with van der Waals surface area (Å²) in [6.07, 6.45) is 6.17. The van der Waals surface area contributed by atoms with Gasteiger partial charge in [-0.2, -0.15) is 0 Å². The van der Waals surface area contributed by atoms with Gasteiger partial charge in [-0.25, -0.2) is 4.98 Å². The molecule has 0 atom stereocenters. The predicted molar refractivity (Wildman–Crippen MR) is 79.6 cm³/mol. The molecule has 0 amide bonds. The number of hydrogen-bond acceptors (Lipinski definition) is 4. The summed E-state index contributed by atoms with van der Waals surface area (Å²) in [6, 6.07) is 0.626. The lowest BCUT2D eigenvalue weighted by Gasteiger charge is -2.20. The van der Waals surface area contributed by atoms with Crippen LogP contribution >= 0.6 is 0 Å². The molecule has 1 aromatic heterocycles. The summed E-state index contributed by atoms with van der Waals surface area (Å²) < 4.78 is 7.17. The summed E-state index contributed by atoms with van der Waals surface area (Å²) in [5.41, 5.74) is 0. The van der Waals surface area contributed by atoms with Gasteiger partial charge in [-0.15, -0.1) is 0 Å². The molecule has 5 heteroatoms. The van der Waals surface area contributed by atoms with Crippen molar-refractivity contribution in [2.75, 3.05) is 39.2 Å². The number of hydrogen-bond donors (Lipinski definition) is 1. The fourth-order valence-electron chi connectivity index (χ4n) is 1.79. The van der Waals surface area contributed by atoms with Gasteiger partial charge in [-0.05, 0) is 40.3 Å². The maximum atomic E-state index is 5.08. The van der Waals surface area contributed by atoms with Crippen molar-refractivity contribution in [3.05, 3.63) is 12.4 Å². The van der Waals surface area contributed by atoms with Crippen LogP contribution in [0.15, 0.2) is 12.4 Å². The van der Waals surface area contributed by atoms with Gasteiger partial charge in [-0.1, -0.05) is 0 Å². The summed E-state index contributed by atoms with van der Waals surface area (Å²) in [7, 11) is 3.89. The topological polar surface area (TPSA) is 42.3 Å². The lowest BCUT2D eigenvalue weighted by atomic mass is 10.2. The number of rotatable bonds is 10. The average molecular weight is 268 g/mol. The van der Waals surface area contributed by atoms with Gasteiger partial charge in [-0.3, -0.25) is 0 Å². The lowest BCUT2D eigenvalue weighted by Crippen LogP contribution is -2.27. The predicted octanol–water partition coefficient (Wildman–Crippen LogP) is 2.06. The van der Waals surface area contributed by atoms with Gasteiger partial charge in [0.1, 0.15) is 0 Å². The summed E-state index contributed by atoms with van der Waals surface area (Å²) in [4.78, 5) is 6.69. The van der Waals surface area contributed by atoms with Gasteiger partial charge in [0.05, 0.1) is 6.61 Å². The molecule has 0 bridgehead atoms. The fourth-order valence-corrected chi connectivity index (χ4v) is 1.79. The number of imidazole rings is 1. The van der Waals surface area contributed by atoms with Crippen LogP contribution in [0.5, 0.6) is 0 Å². The standard InChI is InChI=1S/C14H28N4O/c1-13(2)17(3)9-6-5-7-15-14-16-8-10-18(14)11-12-19-4/h8,10,13H,5-7,9,11-12H2,1-4H3,(H,15,16). The van der Waals surface area contributed by atoms with Crippen molar-refractivity contribution >= 4 is 5.95 Å². The highest BCUT2D eigenvalue weighted by atomic mass is 16.5. The molecule has 0 saturated heterocycles. The van der Waals surface area contributed by atoms with Gasteiger partial charge in [0.15, 0.2) is 0 Å². The lowest BCUT2D eigenvalue weighted by molar-refractivity contribution is 0.187. The summed E-state index contributed by atoms with van der Waals surface area (Å²) in [5, 5.41) is 3.38. The Labute approximate surface area is 117 Å². The second kappa shape index (κ2) is 8.93. The normalized spacial score (nSPS) is 11.5. The molecule has 0 saturated carbocycles. The first-order valence-electron chi connectivity index (χ1n) is 7.09. The van der Waals surface area contributed by atoms with Gasteiger partial charge in [0.2, 0.25) is 5.95 Å². The number of unbranched alkanes of at least 4 members (excludes halogenated alkanes) is 1. The molecule has 5 nitrogen and oxygen atoms in total. The van der Waals surface area contributed by atoms with E-state index in [0.717, 1.165) is 32.0 Å². The number of aromatic nitrogens is 2. The van der Waals surface area contributed by atoms with Crippen LogP contribution in [0.1, 0.15) is 26.7 Å². The summed E-state index contributed by atoms with van der Waals surface area (Å²) in [5.74, 6) is 0.939. The second-order valence-electron chi connectivity index (χ2n) is 5.15. The molecule has 1 rings (SSSR count). The van der Waals surface area contributed by atoms with E-state index >= 15 is 0 Å².